The first-order valence-corrected chi connectivity index (χ1v) is 16.8. The first kappa shape index (κ1) is 31.3. The summed E-state index contributed by atoms with van der Waals surface area (Å²) in [5.74, 6) is 0.897. The van der Waals surface area contributed by atoms with Crippen molar-refractivity contribution in [2.75, 3.05) is 13.2 Å². The van der Waals surface area contributed by atoms with Crippen molar-refractivity contribution in [3.05, 3.63) is 114 Å². The predicted octanol–water partition coefficient (Wildman–Crippen LogP) is 7.39. The number of thioether (sulfide) groups is 2. The van der Waals surface area contributed by atoms with Crippen molar-refractivity contribution in [3.8, 4) is 11.5 Å². The van der Waals surface area contributed by atoms with Crippen molar-refractivity contribution >= 4 is 80.6 Å². The van der Waals surface area contributed by atoms with Crippen LogP contribution in [-0.4, -0.2) is 35.5 Å². The molecule has 4 heterocycles. The lowest BCUT2D eigenvalue weighted by Crippen LogP contribution is -2.17. The first-order valence-electron chi connectivity index (χ1n) is 13.4. The smallest absolute Gasteiger partial charge is 0.290 e. The molecule has 4 amide bonds. The Hall–Kier alpha value is -4.10. The standard InChI is InChI=1S/2C16H13NO3S2/c2*18-15-14(22-16(19)17-15)10-11-3-5-12(6-4-11)20-8-7-13-2-1-9-21-13/h2*1-6,9-10H,7-8H2,(H,17,18,19). The minimum Gasteiger partial charge on any atom is -0.493 e. The molecule has 0 unspecified atom stereocenters. The number of carbonyl (C=O) groups excluding carboxylic acids is 4. The van der Waals surface area contributed by atoms with E-state index in [4.69, 9.17) is 9.47 Å². The molecule has 6 rings (SSSR count). The van der Waals surface area contributed by atoms with Gasteiger partial charge in [-0.05, 0) is 94.0 Å². The van der Waals surface area contributed by atoms with Crippen LogP contribution in [0.15, 0.2) is 93.4 Å². The fourth-order valence-corrected chi connectivity index (χ4v) is 6.66. The maximum Gasteiger partial charge on any atom is 0.290 e. The molecule has 0 aliphatic carbocycles. The molecular formula is C32H26N2O6S4. The van der Waals surface area contributed by atoms with Gasteiger partial charge >= 0.3 is 0 Å². The van der Waals surface area contributed by atoms with Crippen molar-refractivity contribution in [2.45, 2.75) is 12.8 Å². The number of nitrogens with one attached hydrogen (secondary N) is 2. The van der Waals surface area contributed by atoms with Gasteiger partial charge in [-0.1, -0.05) is 36.4 Å². The summed E-state index contributed by atoms with van der Waals surface area (Å²) in [6.45, 7) is 1.27. The van der Waals surface area contributed by atoms with Crippen LogP contribution in [0.2, 0.25) is 0 Å². The summed E-state index contributed by atoms with van der Waals surface area (Å²) in [6, 6.07) is 23.2. The molecule has 2 aliphatic heterocycles. The van der Waals surface area contributed by atoms with Crippen LogP contribution in [0, 0.1) is 0 Å². The predicted molar refractivity (Wildman–Crippen MR) is 178 cm³/mol. The summed E-state index contributed by atoms with van der Waals surface area (Å²) in [5, 5.41) is 7.92. The second kappa shape index (κ2) is 15.6. The van der Waals surface area contributed by atoms with Crippen LogP contribution in [0.1, 0.15) is 20.9 Å². The fourth-order valence-electron chi connectivity index (χ4n) is 3.91. The highest BCUT2D eigenvalue weighted by Crippen LogP contribution is 2.27. The number of ether oxygens (including phenoxy) is 2. The molecule has 2 aromatic heterocycles. The number of hydrogen-bond acceptors (Lipinski definition) is 10. The highest BCUT2D eigenvalue weighted by molar-refractivity contribution is 8.18. The van der Waals surface area contributed by atoms with Crippen molar-refractivity contribution < 1.29 is 28.7 Å². The summed E-state index contributed by atoms with van der Waals surface area (Å²) >= 11 is 5.28. The van der Waals surface area contributed by atoms with Crippen LogP contribution in [0.25, 0.3) is 12.2 Å². The minimum atomic E-state index is -0.341. The summed E-state index contributed by atoms with van der Waals surface area (Å²) in [6.07, 6.45) is 5.17. The van der Waals surface area contributed by atoms with E-state index in [1.807, 2.05) is 60.7 Å². The monoisotopic (exact) mass is 662 g/mol. The quantitative estimate of drug-likeness (QED) is 0.169. The maximum absolute atomic E-state index is 11.5. The molecule has 0 bridgehead atoms. The average molecular weight is 663 g/mol. The second-order valence-electron chi connectivity index (χ2n) is 9.20. The summed E-state index contributed by atoms with van der Waals surface area (Å²) in [4.78, 5) is 48.5. The number of hydrogen-bond donors (Lipinski definition) is 2. The van der Waals surface area contributed by atoms with Gasteiger partial charge in [0.15, 0.2) is 0 Å². The van der Waals surface area contributed by atoms with Gasteiger partial charge in [-0.2, -0.15) is 0 Å². The third-order valence-corrected chi connectivity index (χ3v) is 9.53. The zero-order chi connectivity index (χ0) is 30.7. The van der Waals surface area contributed by atoms with E-state index in [1.54, 1.807) is 34.8 Å². The van der Waals surface area contributed by atoms with Gasteiger partial charge in [-0.3, -0.25) is 29.8 Å². The lowest BCUT2D eigenvalue weighted by molar-refractivity contribution is -0.116. The van der Waals surface area contributed by atoms with Gasteiger partial charge in [0.1, 0.15) is 11.5 Å². The Morgan fingerprint density at radius 2 is 0.977 bits per heavy atom. The van der Waals surface area contributed by atoms with Gasteiger partial charge in [-0.25, -0.2) is 0 Å². The molecule has 44 heavy (non-hydrogen) atoms. The molecule has 2 aromatic carbocycles. The van der Waals surface area contributed by atoms with Crippen molar-refractivity contribution in [2.24, 2.45) is 0 Å². The molecule has 2 fully saturated rings. The number of rotatable bonds is 10. The number of imide groups is 2. The SMILES string of the molecule is O=C1NC(=O)C(=Cc2ccc(OCCc3cccs3)cc2)S1.O=C1NC(=O)C(=Cc2ccc(OCCc3cccs3)cc2)S1. The number of thiophene rings is 2. The Bertz CT molecular complexity index is 1540. The zero-order valence-corrected chi connectivity index (χ0v) is 26.4. The Balaban J connectivity index is 0.000000175. The Labute approximate surface area is 270 Å². The first-order chi connectivity index (χ1) is 21.4. The lowest BCUT2D eigenvalue weighted by atomic mass is 10.2. The fraction of sp³-hybridized carbons (Fsp3) is 0.125. The maximum atomic E-state index is 11.5. The van der Waals surface area contributed by atoms with Gasteiger partial charge in [0.05, 0.1) is 23.0 Å². The summed E-state index contributed by atoms with van der Waals surface area (Å²) in [5.41, 5.74) is 1.72. The Morgan fingerprint density at radius 3 is 1.30 bits per heavy atom. The summed E-state index contributed by atoms with van der Waals surface area (Å²) in [7, 11) is 0. The molecule has 224 valence electrons. The minimum absolute atomic E-state index is 0.329. The van der Waals surface area contributed by atoms with Crippen LogP contribution < -0.4 is 20.1 Å². The topological polar surface area (TPSA) is 111 Å². The van der Waals surface area contributed by atoms with E-state index in [2.05, 4.69) is 33.5 Å². The lowest BCUT2D eigenvalue weighted by Gasteiger charge is -2.05. The molecule has 4 aromatic rings. The number of amides is 4. The van der Waals surface area contributed by atoms with Gasteiger partial charge in [-0.15, -0.1) is 22.7 Å². The van der Waals surface area contributed by atoms with Crippen LogP contribution in [0.3, 0.4) is 0 Å². The van der Waals surface area contributed by atoms with E-state index in [-0.39, 0.29) is 22.3 Å². The van der Waals surface area contributed by atoms with Crippen molar-refractivity contribution in [1.82, 2.24) is 10.6 Å². The van der Waals surface area contributed by atoms with Crippen LogP contribution >= 0.6 is 46.2 Å². The average Bonchev–Trinajstić information content (AvgIpc) is 3.82. The second-order valence-corrected chi connectivity index (χ2v) is 13.3. The molecule has 2 aliphatic rings. The van der Waals surface area contributed by atoms with Crippen molar-refractivity contribution in [1.29, 1.82) is 0 Å². The van der Waals surface area contributed by atoms with Crippen LogP contribution in [0.4, 0.5) is 9.59 Å². The molecule has 12 heteroatoms. The number of benzene rings is 2. The van der Waals surface area contributed by atoms with Gasteiger partial charge in [0, 0.05) is 22.6 Å². The van der Waals surface area contributed by atoms with E-state index < -0.39 is 0 Å². The van der Waals surface area contributed by atoms with E-state index in [0.717, 1.165) is 59.0 Å². The zero-order valence-electron chi connectivity index (χ0n) is 23.1. The van der Waals surface area contributed by atoms with Crippen LogP contribution in [0.5, 0.6) is 11.5 Å². The molecule has 8 nitrogen and oxygen atoms in total. The highest BCUT2D eigenvalue weighted by Gasteiger charge is 2.25. The van der Waals surface area contributed by atoms with E-state index >= 15 is 0 Å². The molecule has 2 saturated heterocycles. The molecule has 0 saturated carbocycles. The Morgan fingerprint density at radius 1 is 0.568 bits per heavy atom. The largest absolute Gasteiger partial charge is 0.493 e. The Kier molecular flexibility index (Phi) is 11.1. The number of carbonyl (C=O) groups is 4. The van der Waals surface area contributed by atoms with E-state index in [0.29, 0.717) is 23.0 Å². The molecule has 0 radical (unpaired) electrons. The van der Waals surface area contributed by atoms with Crippen molar-refractivity contribution in [3.63, 3.8) is 0 Å². The van der Waals surface area contributed by atoms with Gasteiger partial charge in [0.2, 0.25) is 0 Å². The molecule has 0 spiro atoms. The molecular weight excluding hydrogens is 637 g/mol. The molecule has 0 atom stereocenters. The van der Waals surface area contributed by atoms with Gasteiger partial charge in [0.25, 0.3) is 22.3 Å². The van der Waals surface area contributed by atoms with Crippen LogP contribution in [-0.2, 0) is 22.4 Å². The van der Waals surface area contributed by atoms with Gasteiger partial charge < -0.3 is 9.47 Å². The summed E-state index contributed by atoms with van der Waals surface area (Å²) < 4.78 is 11.4. The van der Waals surface area contributed by atoms with E-state index in [1.165, 1.54) is 9.75 Å². The third-order valence-electron chi connectivity index (χ3n) is 6.03. The highest BCUT2D eigenvalue weighted by atomic mass is 32.2. The van der Waals surface area contributed by atoms with E-state index in [9.17, 15) is 19.2 Å². The molecule has 2 N–H and O–H groups in total. The third kappa shape index (κ3) is 9.45. The normalized spacial score (nSPS) is 16.1.